The van der Waals surface area contributed by atoms with Crippen LogP contribution in [0.3, 0.4) is 0 Å². The van der Waals surface area contributed by atoms with Gasteiger partial charge in [-0.3, -0.25) is 9.69 Å². The van der Waals surface area contributed by atoms with Gasteiger partial charge in [-0.2, -0.15) is 0 Å². The topological polar surface area (TPSA) is 20.3 Å². The monoisotopic (exact) mass is 251 g/mol. The fourth-order valence-electron chi connectivity index (χ4n) is 2.68. The van der Waals surface area contributed by atoms with Crippen molar-refractivity contribution in [3.05, 3.63) is 71.8 Å². The van der Waals surface area contributed by atoms with Gasteiger partial charge in [-0.1, -0.05) is 60.7 Å². The highest BCUT2D eigenvalue weighted by atomic mass is 16.1. The van der Waals surface area contributed by atoms with Gasteiger partial charge in [0.05, 0.1) is 18.6 Å². The second-order valence-electron chi connectivity index (χ2n) is 5.04. The molecular weight excluding hydrogens is 234 g/mol. The van der Waals surface area contributed by atoms with Crippen LogP contribution in [0.5, 0.6) is 0 Å². The average Bonchev–Trinajstić information content (AvgIpc) is 2.49. The maximum Gasteiger partial charge on any atom is 0.163 e. The van der Waals surface area contributed by atoms with Gasteiger partial charge in [-0.25, -0.2) is 0 Å². The number of benzene rings is 2. The van der Waals surface area contributed by atoms with E-state index in [0.29, 0.717) is 12.3 Å². The Balaban J connectivity index is 2.00. The van der Waals surface area contributed by atoms with Crippen LogP contribution in [0.1, 0.15) is 24.1 Å². The molecule has 2 aromatic carbocycles. The summed E-state index contributed by atoms with van der Waals surface area (Å²) in [4.78, 5) is 13.8. The lowest BCUT2D eigenvalue weighted by Crippen LogP contribution is -2.56. The Labute approximate surface area is 113 Å². The third kappa shape index (κ3) is 2.20. The molecule has 0 radical (unpaired) electrons. The van der Waals surface area contributed by atoms with Crippen molar-refractivity contribution >= 4 is 5.78 Å². The normalized spacial score (nSPS) is 19.5. The van der Waals surface area contributed by atoms with Crippen LogP contribution < -0.4 is 0 Å². The first-order valence-electron chi connectivity index (χ1n) is 6.66. The maximum atomic E-state index is 11.6. The summed E-state index contributed by atoms with van der Waals surface area (Å²) in [6, 6.07) is 21.0. The van der Waals surface area contributed by atoms with Gasteiger partial charge in [0.2, 0.25) is 0 Å². The lowest BCUT2D eigenvalue weighted by molar-refractivity contribution is -0.137. The molecule has 2 heteroatoms. The fraction of sp³-hybridized carbons (Fsp3) is 0.235. The number of nitrogens with zero attached hydrogens (tertiary/aromatic N) is 1. The SMILES string of the molecule is C[C@H]1C(=O)CN1C(c1ccccc1)c1ccccc1. The van der Waals surface area contributed by atoms with Crippen molar-refractivity contribution in [2.75, 3.05) is 6.54 Å². The minimum Gasteiger partial charge on any atom is -0.296 e. The van der Waals surface area contributed by atoms with E-state index >= 15 is 0 Å². The number of carbonyl (C=O) groups excluding carboxylic acids is 1. The summed E-state index contributed by atoms with van der Waals surface area (Å²) < 4.78 is 0. The van der Waals surface area contributed by atoms with Crippen LogP contribution in [0.4, 0.5) is 0 Å². The van der Waals surface area contributed by atoms with Crippen LogP contribution in [-0.4, -0.2) is 23.3 Å². The van der Waals surface area contributed by atoms with Crippen molar-refractivity contribution in [3.8, 4) is 0 Å². The largest absolute Gasteiger partial charge is 0.296 e. The van der Waals surface area contributed by atoms with E-state index in [2.05, 4.69) is 53.4 Å². The lowest BCUT2D eigenvalue weighted by Gasteiger charge is -2.43. The average molecular weight is 251 g/mol. The highest BCUT2D eigenvalue weighted by Crippen LogP contribution is 2.33. The van der Waals surface area contributed by atoms with Gasteiger partial charge in [0.25, 0.3) is 0 Å². The molecule has 0 N–H and O–H groups in total. The highest BCUT2D eigenvalue weighted by Gasteiger charge is 2.39. The third-order valence-corrected chi connectivity index (χ3v) is 3.86. The van der Waals surface area contributed by atoms with Gasteiger partial charge in [0.15, 0.2) is 5.78 Å². The van der Waals surface area contributed by atoms with Crippen molar-refractivity contribution in [1.29, 1.82) is 0 Å². The molecule has 3 rings (SSSR count). The Kier molecular flexibility index (Phi) is 3.18. The minimum atomic E-state index is 0.0189. The number of likely N-dealkylation sites (tertiary alicyclic amines) is 1. The third-order valence-electron chi connectivity index (χ3n) is 3.86. The van der Waals surface area contributed by atoms with Gasteiger partial charge in [0, 0.05) is 0 Å². The van der Waals surface area contributed by atoms with Crippen molar-refractivity contribution < 1.29 is 4.79 Å². The van der Waals surface area contributed by atoms with Crippen LogP contribution in [-0.2, 0) is 4.79 Å². The van der Waals surface area contributed by atoms with Gasteiger partial charge in [-0.05, 0) is 18.1 Å². The van der Waals surface area contributed by atoms with E-state index in [9.17, 15) is 4.79 Å². The summed E-state index contributed by atoms with van der Waals surface area (Å²) >= 11 is 0. The molecule has 0 saturated carbocycles. The second-order valence-corrected chi connectivity index (χ2v) is 5.04. The minimum absolute atomic E-state index is 0.0189. The number of ketones is 1. The molecule has 0 aromatic heterocycles. The van der Waals surface area contributed by atoms with E-state index in [1.165, 1.54) is 11.1 Å². The summed E-state index contributed by atoms with van der Waals surface area (Å²) in [6.07, 6.45) is 0. The zero-order valence-electron chi connectivity index (χ0n) is 11.0. The van der Waals surface area contributed by atoms with Crippen LogP contribution >= 0.6 is 0 Å². The van der Waals surface area contributed by atoms with E-state index in [0.717, 1.165) is 0 Å². The molecular formula is C17H17NO. The summed E-state index contributed by atoms with van der Waals surface area (Å²) in [5.41, 5.74) is 2.49. The number of hydrogen-bond donors (Lipinski definition) is 0. The molecule has 0 amide bonds. The zero-order valence-corrected chi connectivity index (χ0v) is 11.0. The molecule has 0 unspecified atom stereocenters. The molecule has 1 heterocycles. The van der Waals surface area contributed by atoms with Gasteiger partial charge in [-0.15, -0.1) is 0 Å². The van der Waals surface area contributed by atoms with Crippen molar-refractivity contribution in [3.63, 3.8) is 0 Å². The molecule has 1 aliphatic rings. The van der Waals surface area contributed by atoms with Gasteiger partial charge >= 0.3 is 0 Å². The number of Topliss-reactive ketones (excluding diaryl/α,β-unsaturated/α-hetero) is 1. The van der Waals surface area contributed by atoms with Crippen LogP contribution in [0.2, 0.25) is 0 Å². The molecule has 0 bridgehead atoms. The Hall–Kier alpha value is -1.93. The van der Waals surface area contributed by atoms with Gasteiger partial charge < -0.3 is 0 Å². The molecule has 2 aromatic rings. The number of hydrogen-bond acceptors (Lipinski definition) is 2. The Morgan fingerprint density at radius 3 is 1.79 bits per heavy atom. The molecule has 1 fully saturated rings. The molecule has 2 nitrogen and oxygen atoms in total. The number of carbonyl (C=O) groups is 1. The lowest BCUT2D eigenvalue weighted by atomic mass is 9.91. The summed E-state index contributed by atoms with van der Waals surface area (Å²) in [6.45, 7) is 2.54. The van der Waals surface area contributed by atoms with Crippen molar-refractivity contribution in [2.45, 2.75) is 19.0 Å². The summed E-state index contributed by atoms with van der Waals surface area (Å²) in [5.74, 6) is 0.330. The van der Waals surface area contributed by atoms with E-state index in [-0.39, 0.29) is 12.1 Å². The molecule has 19 heavy (non-hydrogen) atoms. The Morgan fingerprint density at radius 2 is 1.42 bits per heavy atom. The second kappa shape index (κ2) is 4.98. The zero-order chi connectivity index (χ0) is 13.2. The van der Waals surface area contributed by atoms with Crippen LogP contribution in [0.25, 0.3) is 0 Å². The van der Waals surface area contributed by atoms with Gasteiger partial charge in [0.1, 0.15) is 0 Å². The first-order valence-corrected chi connectivity index (χ1v) is 6.66. The van der Waals surface area contributed by atoms with E-state index < -0.39 is 0 Å². The molecule has 0 aliphatic carbocycles. The van der Waals surface area contributed by atoms with E-state index in [4.69, 9.17) is 0 Å². The van der Waals surface area contributed by atoms with Crippen LogP contribution in [0.15, 0.2) is 60.7 Å². The summed E-state index contributed by atoms with van der Waals surface area (Å²) in [7, 11) is 0. The van der Waals surface area contributed by atoms with Crippen molar-refractivity contribution in [2.24, 2.45) is 0 Å². The molecule has 96 valence electrons. The van der Waals surface area contributed by atoms with E-state index in [1.54, 1.807) is 0 Å². The molecule has 1 atom stereocenters. The first kappa shape index (κ1) is 12.1. The number of rotatable bonds is 3. The quantitative estimate of drug-likeness (QED) is 0.835. The Morgan fingerprint density at radius 1 is 0.947 bits per heavy atom. The van der Waals surface area contributed by atoms with E-state index in [1.807, 2.05) is 19.1 Å². The Bertz CT molecular complexity index is 525. The first-order chi connectivity index (χ1) is 9.27. The highest BCUT2D eigenvalue weighted by molar-refractivity contribution is 5.91. The molecule has 1 aliphatic heterocycles. The van der Waals surface area contributed by atoms with Crippen LogP contribution in [0, 0.1) is 0 Å². The standard InChI is InChI=1S/C17H17NO/c1-13-16(19)12-18(13)17(14-8-4-2-5-9-14)15-10-6-3-7-11-15/h2-11,13,17H,12H2,1H3/t13-/m0/s1. The van der Waals surface area contributed by atoms with Crippen molar-refractivity contribution in [1.82, 2.24) is 4.90 Å². The maximum absolute atomic E-state index is 11.6. The smallest absolute Gasteiger partial charge is 0.163 e. The summed E-state index contributed by atoms with van der Waals surface area (Å²) in [5, 5.41) is 0. The predicted octanol–water partition coefficient (Wildman–Crippen LogP) is 3.05. The predicted molar refractivity (Wildman–Crippen MR) is 75.9 cm³/mol. The fourth-order valence-corrected chi connectivity index (χ4v) is 2.68. The molecule has 1 saturated heterocycles. The molecule has 0 spiro atoms.